The van der Waals surface area contributed by atoms with Gasteiger partial charge in [0.1, 0.15) is 0 Å². The van der Waals surface area contributed by atoms with Crippen molar-refractivity contribution >= 4 is 216 Å². The van der Waals surface area contributed by atoms with Crippen molar-refractivity contribution in [3.63, 3.8) is 0 Å². The Labute approximate surface area is 865 Å². The average Bonchev–Trinajstić information content (AvgIpc) is 1.52. The van der Waals surface area contributed by atoms with Crippen molar-refractivity contribution in [1.82, 2.24) is 24.9 Å². The van der Waals surface area contributed by atoms with Gasteiger partial charge in [-0.3, -0.25) is 24.9 Å². The monoisotopic (exact) mass is 1910 g/mol. The van der Waals surface area contributed by atoms with E-state index in [1.54, 1.807) is 0 Å². The fourth-order valence-corrected chi connectivity index (χ4v) is 27.3. The van der Waals surface area contributed by atoms with Crippen molar-refractivity contribution in [2.24, 2.45) is 0 Å². The molecule has 35 rings (SSSR count). The highest BCUT2D eigenvalue weighted by molar-refractivity contribution is 6.34. The lowest BCUT2D eigenvalue weighted by atomic mass is 9.90. The third-order valence-electron chi connectivity index (χ3n) is 33.9. The Hall–Kier alpha value is -18.6. The van der Waals surface area contributed by atoms with E-state index < -0.39 is 0 Å². The zero-order valence-corrected chi connectivity index (χ0v) is 83.7. The van der Waals surface area contributed by atoms with Crippen LogP contribution in [0.1, 0.15) is 84.1 Å². The van der Waals surface area contributed by atoms with Crippen LogP contribution in [0.3, 0.4) is 0 Å². The lowest BCUT2D eigenvalue weighted by Gasteiger charge is -2.15. The van der Waals surface area contributed by atoms with Crippen LogP contribution in [-0.2, 0) is 32.1 Å². The molecule has 30 aromatic rings. The van der Waals surface area contributed by atoms with Gasteiger partial charge < -0.3 is 0 Å². The molecule has 0 saturated heterocycles. The Morgan fingerprint density at radius 2 is 0.500 bits per heavy atom. The van der Waals surface area contributed by atoms with Gasteiger partial charge in [0.05, 0.1) is 27.8 Å². The van der Waals surface area contributed by atoms with Gasteiger partial charge in [-0.1, -0.05) is 382 Å². The highest BCUT2D eigenvalue weighted by Crippen LogP contribution is 2.56. The Balaban J connectivity index is 0.0000000844. The molecule has 0 spiro atoms. The average molecular weight is 1910 g/mol. The second-order valence-electron chi connectivity index (χ2n) is 42.0. The van der Waals surface area contributed by atoms with E-state index in [2.05, 4.69) is 459 Å². The highest BCUT2D eigenvalue weighted by atomic mass is 14.7. The second-order valence-corrected chi connectivity index (χ2v) is 42.0. The second kappa shape index (κ2) is 33.2. The summed E-state index contributed by atoms with van der Waals surface area (Å²) in [5, 5.41) is 47.1. The number of pyridine rings is 5. The molecule has 5 aliphatic rings. The summed E-state index contributed by atoms with van der Waals surface area (Å²) in [5.41, 5.74) is 37.7. The van der Waals surface area contributed by atoms with Crippen LogP contribution in [0.25, 0.3) is 272 Å². The molecule has 0 aliphatic heterocycles. The number of hydrogen-bond acceptors (Lipinski definition) is 5. The number of benzene rings is 25. The number of para-hydroxylation sites is 1. The minimum absolute atomic E-state index is 0.954. The third kappa shape index (κ3) is 12.9. The van der Waals surface area contributed by atoms with Crippen LogP contribution in [0.5, 0.6) is 0 Å². The minimum atomic E-state index is 0.954. The first-order chi connectivity index (χ1) is 74.0. The van der Waals surface area contributed by atoms with Gasteiger partial charge in [0.2, 0.25) is 0 Å². The molecule has 0 unspecified atom stereocenters. The molecule has 0 bridgehead atoms. The van der Waals surface area contributed by atoms with E-state index in [1.807, 2.05) is 0 Å². The molecule has 0 amide bonds. The number of aryl methyl sites for hydroxylation is 5. The maximum atomic E-state index is 5.19. The SMILES string of the molecule is Cc1ccc2c3ccccc3c3cc4c(cc3c2n1)Cc1ccc2ccccc2c1-4.Cc1nc2c(c3ccccc13)Cc1ccc3c4ccccc4c4ccccc4c3c1-2.Cc1nc2c3ccccc3c3ccccc3c2c2c1Cc1c-2ccc2ccccc12.Cc1nc2c3ccccc3c3ccccc3c2c2c1Cc1cc3ccccc3cc1-2.Cc1nc2ccccc2c2c1Cc1cc3c4ccccc4c4ccccc4c3cc1-2. The van der Waals surface area contributed by atoms with Crippen molar-refractivity contribution < 1.29 is 0 Å². The van der Waals surface area contributed by atoms with Crippen molar-refractivity contribution in [2.75, 3.05) is 0 Å². The zero-order valence-electron chi connectivity index (χ0n) is 83.7. The molecule has 5 aliphatic carbocycles. The zero-order chi connectivity index (χ0) is 99.1. The van der Waals surface area contributed by atoms with Crippen LogP contribution < -0.4 is 0 Å². The molecule has 5 heteroatoms. The topological polar surface area (TPSA) is 64.5 Å². The van der Waals surface area contributed by atoms with E-state index >= 15 is 0 Å². The predicted octanol–water partition coefficient (Wildman–Crippen LogP) is 37.9. The molecular formula is C145H95N5. The molecule has 5 nitrogen and oxygen atoms in total. The number of aromatic nitrogens is 5. The summed E-state index contributed by atoms with van der Waals surface area (Å²) in [6.07, 6.45) is 4.83. The number of nitrogens with zero attached hydrogens (tertiary/aromatic N) is 5. The molecule has 5 heterocycles. The summed E-state index contributed by atoms with van der Waals surface area (Å²) >= 11 is 0. The molecule has 150 heavy (non-hydrogen) atoms. The van der Waals surface area contributed by atoms with Crippen molar-refractivity contribution in [3.8, 4) is 55.8 Å². The Morgan fingerprint density at radius 3 is 1.07 bits per heavy atom. The normalized spacial score (nSPS) is 12.7. The van der Waals surface area contributed by atoms with Gasteiger partial charge in [0, 0.05) is 103 Å². The minimum Gasteiger partial charge on any atom is -0.253 e. The summed E-state index contributed by atoms with van der Waals surface area (Å²) < 4.78 is 0. The number of hydrogen-bond donors (Lipinski definition) is 0. The van der Waals surface area contributed by atoms with Gasteiger partial charge in [0.25, 0.3) is 0 Å². The van der Waals surface area contributed by atoms with E-state index in [4.69, 9.17) is 24.9 Å². The van der Waals surface area contributed by atoms with Crippen LogP contribution >= 0.6 is 0 Å². The molecule has 0 fully saturated rings. The highest BCUT2D eigenvalue weighted by Gasteiger charge is 2.34. The Kier molecular flexibility index (Phi) is 19.0. The van der Waals surface area contributed by atoms with E-state index in [0.717, 1.165) is 82.6 Å². The molecule has 0 saturated carbocycles. The maximum absolute atomic E-state index is 5.19. The fourth-order valence-electron chi connectivity index (χ4n) is 27.3. The lowest BCUT2D eigenvalue weighted by Crippen LogP contribution is -1.95. The van der Waals surface area contributed by atoms with Crippen LogP contribution in [0.2, 0.25) is 0 Å². The molecule has 0 atom stereocenters. The summed E-state index contributed by atoms with van der Waals surface area (Å²) in [5.74, 6) is 0. The van der Waals surface area contributed by atoms with Gasteiger partial charge >= 0.3 is 0 Å². The van der Waals surface area contributed by atoms with E-state index in [1.165, 1.54) is 305 Å². The standard InChI is InChI=1S/5C29H19N/c1-17-24-14-18-15-26-21-10-4-2-8-19(21)20-9-3-5-11-22(20)27(26)16-25(18)29(24)23-12-6-7-13-28(23)30-17;1-17-25-16-20-14-18-8-2-3-9-19(18)15-26(20)27(25)28-23-12-6-4-10-21(23)22-11-5-7-13-24(22)29(28)30-17;1-17-25-16-26-19-9-3-2-8-18(19)14-15-23(26)27(25)28-22-12-6-4-10-20(22)21-11-5-7-13-24(21)29(28)30-17;1-17-19-8-2-3-9-20(19)26-16-18-14-15-25-23-12-5-4-10-21(23)22-11-6-7-13-24(22)28(25)27(18)29(26)30-17;1-17-10-13-24-22-8-4-5-9-23(22)26-16-25-20(15-27(26)29(24)30-17)14-19-12-11-18-6-2-3-7-21(18)28(19)25/h2-13,15-16H,14H2,1H3;3*2-15H,16H2,1H3;2-13,15-16H,14H2,1H3. The quantitative estimate of drug-likeness (QED) is 0.142. The van der Waals surface area contributed by atoms with Gasteiger partial charge in [-0.05, 0) is 334 Å². The van der Waals surface area contributed by atoms with E-state index in [-0.39, 0.29) is 0 Å². The molecule has 5 aromatic heterocycles. The van der Waals surface area contributed by atoms with Crippen LogP contribution in [0.4, 0.5) is 0 Å². The van der Waals surface area contributed by atoms with Crippen molar-refractivity contribution in [3.05, 3.63) is 509 Å². The molecule has 0 N–H and O–H groups in total. The van der Waals surface area contributed by atoms with E-state index in [9.17, 15) is 0 Å². The van der Waals surface area contributed by atoms with Crippen molar-refractivity contribution in [2.45, 2.75) is 66.7 Å². The summed E-state index contributed by atoms with van der Waals surface area (Å²) in [6, 6.07) is 155. The first kappa shape index (κ1) is 85.8. The smallest absolute Gasteiger partial charge is 0.0796 e. The summed E-state index contributed by atoms with van der Waals surface area (Å²) in [7, 11) is 0. The summed E-state index contributed by atoms with van der Waals surface area (Å²) in [6.45, 7) is 10.7. The first-order valence-electron chi connectivity index (χ1n) is 52.7. The molecule has 700 valence electrons. The van der Waals surface area contributed by atoms with Gasteiger partial charge in [0.15, 0.2) is 0 Å². The lowest BCUT2D eigenvalue weighted by molar-refractivity contribution is 1.14. The van der Waals surface area contributed by atoms with Crippen LogP contribution in [0, 0.1) is 34.6 Å². The van der Waals surface area contributed by atoms with E-state index in [0.29, 0.717) is 0 Å². The Morgan fingerprint density at radius 1 is 0.153 bits per heavy atom. The molecule has 25 aromatic carbocycles. The van der Waals surface area contributed by atoms with Crippen LogP contribution in [0.15, 0.2) is 425 Å². The first-order valence-corrected chi connectivity index (χ1v) is 52.7. The number of rotatable bonds is 0. The third-order valence-corrected chi connectivity index (χ3v) is 33.9. The maximum Gasteiger partial charge on any atom is 0.0796 e. The van der Waals surface area contributed by atoms with Gasteiger partial charge in [-0.2, -0.15) is 0 Å². The predicted molar refractivity (Wildman–Crippen MR) is 636 cm³/mol. The summed E-state index contributed by atoms with van der Waals surface area (Å²) in [4.78, 5) is 25.4. The number of fused-ring (bicyclic) bond motifs is 57. The fraction of sp³-hybridized carbons (Fsp3) is 0.0690. The molecule has 0 radical (unpaired) electrons. The van der Waals surface area contributed by atoms with Gasteiger partial charge in [-0.15, -0.1) is 0 Å². The van der Waals surface area contributed by atoms with Crippen LogP contribution in [-0.4, -0.2) is 24.9 Å². The largest absolute Gasteiger partial charge is 0.253 e. The van der Waals surface area contributed by atoms with Crippen molar-refractivity contribution in [1.29, 1.82) is 0 Å². The van der Waals surface area contributed by atoms with Gasteiger partial charge in [-0.25, -0.2) is 0 Å². The Bertz CT molecular complexity index is 11200. The molecular weight excluding hydrogens is 1810 g/mol.